The number of benzene rings is 3. The summed E-state index contributed by atoms with van der Waals surface area (Å²) >= 11 is 0. The van der Waals surface area contributed by atoms with Crippen molar-refractivity contribution in [1.29, 1.82) is 5.26 Å². The SMILES string of the molecule is CS(=O)(=O)c1ccccc1-c1ccc(CCNS(=O)(=O)c2cc(C#N)ccc2O)c(OCC(=O)[O-])c1.[Na+]. The van der Waals surface area contributed by atoms with Gasteiger partial charge in [-0.3, -0.25) is 0 Å². The van der Waals surface area contributed by atoms with Crippen LogP contribution in [0.15, 0.2) is 70.5 Å². The van der Waals surface area contributed by atoms with E-state index in [-0.39, 0.29) is 58.7 Å². The van der Waals surface area contributed by atoms with Crippen LogP contribution in [0.1, 0.15) is 11.1 Å². The Kier molecular flexibility index (Phi) is 10.3. The van der Waals surface area contributed by atoms with Gasteiger partial charge in [0.15, 0.2) is 9.84 Å². The predicted molar refractivity (Wildman–Crippen MR) is 127 cm³/mol. The number of carboxylic acid groups (broad SMARTS) is 1. The third kappa shape index (κ3) is 7.78. The minimum absolute atomic E-state index is 0. The zero-order valence-electron chi connectivity index (χ0n) is 20.0. The number of nitriles is 1. The van der Waals surface area contributed by atoms with E-state index < -0.39 is 43.1 Å². The van der Waals surface area contributed by atoms with Crippen LogP contribution in [0.25, 0.3) is 11.1 Å². The average Bonchev–Trinajstić information content (AvgIpc) is 2.82. The fourth-order valence-corrected chi connectivity index (χ4v) is 5.49. The van der Waals surface area contributed by atoms with Gasteiger partial charge in [-0.25, -0.2) is 21.6 Å². The van der Waals surface area contributed by atoms with Crippen molar-refractivity contribution in [3.8, 4) is 28.7 Å². The molecule has 10 nitrogen and oxygen atoms in total. The first-order valence-corrected chi connectivity index (χ1v) is 13.8. The van der Waals surface area contributed by atoms with Crippen molar-refractivity contribution in [2.45, 2.75) is 16.2 Å². The Labute approximate surface area is 236 Å². The number of rotatable bonds is 10. The summed E-state index contributed by atoms with van der Waals surface area (Å²) in [6, 6.07) is 16.2. The maximum atomic E-state index is 12.6. The Hall–Kier alpha value is -2.92. The minimum atomic E-state index is -4.17. The van der Waals surface area contributed by atoms with E-state index in [2.05, 4.69) is 4.72 Å². The number of ether oxygens (including phenoxy) is 1. The minimum Gasteiger partial charge on any atom is -0.546 e. The molecule has 13 heteroatoms. The van der Waals surface area contributed by atoms with Gasteiger partial charge in [-0.15, -0.1) is 0 Å². The van der Waals surface area contributed by atoms with Gasteiger partial charge in [-0.1, -0.05) is 30.3 Å². The monoisotopic (exact) mass is 552 g/mol. The summed E-state index contributed by atoms with van der Waals surface area (Å²) in [5, 5.41) is 29.9. The van der Waals surface area contributed by atoms with Crippen molar-refractivity contribution in [3.05, 3.63) is 71.8 Å². The molecule has 0 aromatic heterocycles. The number of nitrogens with one attached hydrogen (secondary N) is 1. The number of hydrogen-bond donors (Lipinski definition) is 2. The number of carbonyl (C=O) groups excluding carboxylic acids is 1. The van der Waals surface area contributed by atoms with E-state index in [1.54, 1.807) is 36.4 Å². The summed E-state index contributed by atoms with van der Waals surface area (Å²) in [5.74, 6) is -1.89. The zero-order valence-corrected chi connectivity index (χ0v) is 23.6. The summed E-state index contributed by atoms with van der Waals surface area (Å²) < 4.78 is 57.3. The molecule has 0 saturated carbocycles. The van der Waals surface area contributed by atoms with Crippen LogP contribution in [0, 0.1) is 11.3 Å². The Bertz CT molecular complexity index is 1570. The number of aromatic hydroxyl groups is 1. The van der Waals surface area contributed by atoms with E-state index in [9.17, 15) is 31.8 Å². The van der Waals surface area contributed by atoms with E-state index in [4.69, 9.17) is 10.00 Å². The van der Waals surface area contributed by atoms with Gasteiger partial charge in [0, 0.05) is 18.4 Å². The molecular weight excluding hydrogens is 531 g/mol. The van der Waals surface area contributed by atoms with Crippen molar-refractivity contribution >= 4 is 25.8 Å². The van der Waals surface area contributed by atoms with Gasteiger partial charge in [0.2, 0.25) is 10.0 Å². The Balaban J connectivity index is 0.00000481. The molecule has 37 heavy (non-hydrogen) atoms. The first-order valence-electron chi connectivity index (χ1n) is 10.4. The average molecular weight is 553 g/mol. The number of hydrogen-bond acceptors (Lipinski definition) is 9. The smallest absolute Gasteiger partial charge is 0.546 e. The number of aliphatic carboxylic acids is 1. The van der Waals surface area contributed by atoms with Crippen molar-refractivity contribution in [2.75, 3.05) is 19.4 Å². The van der Waals surface area contributed by atoms with Gasteiger partial charge in [0.05, 0.1) is 22.5 Å². The van der Waals surface area contributed by atoms with Crippen LogP contribution < -0.4 is 44.1 Å². The number of carbonyl (C=O) groups is 1. The Morgan fingerprint density at radius 1 is 1.05 bits per heavy atom. The second-order valence-electron chi connectivity index (χ2n) is 7.69. The maximum absolute atomic E-state index is 12.6. The third-order valence-corrected chi connectivity index (χ3v) is 7.72. The van der Waals surface area contributed by atoms with Gasteiger partial charge >= 0.3 is 29.6 Å². The summed E-state index contributed by atoms with van der Waals surface area (Å²) in [7, 11) is -7.73. The molecule has 0 unspecified atom stereocenters. The molecule has 0 aliphatic rings. The number of phenolic OH excluding ortho intramolecular Hbond substituents is 1. The van der Waals surface area contributed by atoms with Crippen LogP contribution in [-0.4, -0.2) is 47.3 Å². The van der Waals surface area contributed by atoms with Gasteiger partial charge in [-0.2, -0.15) is 5.26 Å². The number of carboxylic acids is 1. The predicted octanol–water partition coefficient (Wildman–Crippen LogP) is -2.01. The van der Waals surface area contributed by atoms with Crippen LogP contribution >= 0.6 is 0 Å². The van der Waals surface area contributed by atoms with E-state index in [1.807, 2.05) is 0 Å². The largest absolute Gasteiger partial charge is 1.00 e. The molecule has 0 radical (unpaired) electrons. The molecule has 0 bridgehead atoms. The molecule has 0 aliphatic heterocycles. The fourth-order valence-electron chi connectivity index (χ4n) is 3.42. The molecule has 3 aromatic rings. The molecule has 0 atom stereocenters. The molecule has 0 amide bonds. The van der Waals surface area contributed by atoms with Crippen molar-refractivity contribution in [1.82, 2.24) is 4.72 Å². The Morgan fingerprint density at radius 3 is 2.41 bits per heavy atom. The molecule has 3 rings (SSSR count). The molecule has 0 fully saturated rings. The van der Waals surface area contributed by atoms with E-state index in [1.165, 1.54) is 18.2 Å². The summed E-state index contributed by atoms with van der Waals surface area (Å²) in [6.07, 6.45) is 1.14. The van der Waals surface area contributed by atoms with Crippen LogP contribution in [-0.2, 0) is 31.1 Å². The molecule has 2 N–H and O–H groups in total. The maximum Gasteiger partial charge on any atom is 1.00 e. The van der Waals surface area contributed by atoms with Crippen molar-refractivity contribution < 1.29 is 66.1 Å². The van der Waals surface area contributed by atoms with E-state index in [0.717, 1.165) is 18.4 Å². The van der Waals surface area contributed by atoms with Gasteiger partial charge in [0.1, 0.15) is 23.0 Å². The topological polar surface area (TPSA) is 174 Å². The molecular formula is C24H21N2NaO8S2. The second-order valence-corrected chi connectivity index (χ2v) is 11.4. The number of sulfonamides is 1. The summed E-state index contributed by atoms with van der Waals surface area (Å²) in [4.78, 5) is 10.6. The second kappa shape index (κ2) is 12.6. The molecule has 3 aromatic carbocycles. The zero-order chi connectivity index (χ0) is 26.5. The molecule has 0 heterocycles. The number of phenols is 1. The first-order chi connectivity index (χ1) is 16.9. The van der Waals surface area contributed by atoms with Crippen molar-refractivity contribution in [2.24, 2.45) is 0 Å². The van der Waals surface area contributed by atoms with Crippen LogP contribution in [0.5, 0.6) is 11.5 Å². The number of sulfone groups is 1. The molecule has 188 valence electrons. The van der Waals surface area contributed by atoms with E-state index in [0.29, 0.717) is 16.7 Å². The molecule has 0 spiro atoms. The molecule has 0 aliphatic carbocycles. The van der Waals surface area contributed by atoms with Gasteiger partial charge in [-0.05, 0) is 47.9 Å². The first kappa shape index (κ1) is 30.3. The van der Waals surface area contributed by atoms with Gasteiger partial charge in [0.25, 0.3) is 0 Å². The Morgan fingerprint density at radius 2 is 1.76 bits per heavy atom. The summed E-state index contributed by atoms with van der Waals surface area (Å²) in [5.41, 5.74) is 1.33. The quantitative estimate of drug-likeness (QED) is 0.269. The van der Waals surface area contributed by atoms with Crippen LogP contribution in [0.3, 0.4) is 0 Å². The fraction of sp³-hybridized carbons (Fsp3) is 0.167. The normalized spacial score (nSPS) is 11.2. The molecule has 0 saturated heterocycles. The summed E-state index contributed by atoms with van der Waals surface area (Å²) in [6.45, 7) is -0.926. The third-order valence-electron chi connectivity index (χ3n) is 5.08. The van der Waals surface area contributed by atoms with Crippen molar-refractivity contribution in [3.63, 3.8) is 0 Å². The van der Waals surface area contributed by atoms with Crippen LogP contribution in [0.4, 0.5) is 0 Å². The van der Waals surface area contributed by atoms with Gasteiger partial charge < -0.3 is 19.7 Å². The number of nitrogens with zero attached hydrogens (tertiary/aromatic N) is 1. The van der Waals surface area contributed by atoms with Crippen LogP contribution in [0.2, 0.25) is 0 Å². The van der Waals surface area contributed by atoms with E-state index >= 15 is 0 Å². The standard InChI is InChI=1S/C24H22N2O8S2.Na/c1-35(30,31)22-5-3-2-4-19(22)18-8-7-17(21(13-18)34-15-24(28)29)10-11-26-36(32,33)23-12-16(14-25)6-9-20(23)27;/h2-9,12-13,26-27H,10-11,15H2,1H3,(H,28,29);/q;+1/p-1.